The van der Waals surface area contributed by atoms with Gasteiger partial charge in [-0.3, -0.25) is 0 Å². The van der Waals surface area contributed by atoms with Crippen molar-refractivity contribution in [3.05, 3.63) is 49.6 Å². The Balaban J connectivity index is 1.78. The Morgan fingerprint density at radius 1 is 0.833 bits per heavy atom. The van der Waals surface area contributed by atoms with Crippen LogP contribution in [-0.2, 0) is 13.1 Å². The van der Waals surface area contributed by atoms with E-state index in [0.717, 1.165) is 24.5 Å². The van der Waals surface area contributed by atoms with Crippen molar-refractivity contribution in [1.82, 2.24) is 19.6 Å². The number of benzene rings is 1. The summed E-state index contributed by atoms with van der Waals surface area (Å²) in [6.45, 7) is 6.41. The molecule has 0 aliphatic rings. The second-order valence-corrected chi connectivity index (χ2v) is 6.08. The molecule has 0 unspecified atom stereocenters. The Bertz CT molecular complexity index is 712. The maximum absolute atomic E-state index is 4.46. The fourth-order valence-electron chi connectivity index (χ4n) is 2.60. The molecule has 6 nitrogen and oxygen atoms in total. The number of aryl methyl sites for hydroxylation is 2. The summed E-state index contributed by atoms with van der Waals surface area (Å²) in [5, 5.41) is 8.93. The number of nitrogens with zero attached hydrogens (tertiary/aromatic N) is 6. The molecular formula is C18H26N6+2. The van der Waals surface area contributed by atoms with Gasteiger partial charge in [-0.1, -0.05) is 42.1 Å². The predicted octanol–water partition coefficient (Wildman–Crippen LogP) is 2.23. The van der Waals surface area contributed by atoms with Crippen molar-refractivity contribution < 1.29 is 9.13 Å². The van der Waals surface area contributed by atoms with Crippen molar-refractivity contribution in [2.45, 2.75) is 52.6 Å². The summed E-state index contributed by atoms with van der Waals surface area (Å²) >= 11 is 0. The minimum atomic E-state index is 1.01. The molecule has 3 rings (SSSR count). The summed E-state index contributed by atoms with van der Waals surface area (Å²) in [4.78, 5) is 0. The zero-order valence-corrected chi connectivity index (χ0v) is 14.5. The lowest BCUT2D eigenvalue weighted by Gasteiger charge is -1.97. The molecule has 0 aliphatic carbocycles. The zero-order valence-electron chi connectivity index (χ0n) is 14.5. The van der Waals surface area contributed by atoms with Crippen LogP contribution in [0.2, 0.25) is 0 Å². The minimum absolute atomic E-state index is 1.01. The Morgan fingerprint density at radius 3 is 1.79 bits per heavy atom. The summed E-state index contributed by atoms with van der Waals surface area (Å²) in [6, 6.07) is 8.28. The highest BCUT2D eigenvalue weighted by Crippen LogP contribution is 2.11. The average Bonchev–Trinajstić information content (AvgIpc) is 3.28. The molecule has 1 aromatic carbocycles. The van der Waals surface area contributed by atoms with Gasteiger partial charge >= 0.3 is 0 Å². The highest BCUT2D eigenvalue weighted by molar-refractivity contribution is 5.41. The lowest BCUT2D eigenvalue weighted by Crippen LogP contribution is -2.30. The van der Waals surface area contributed by atoms with Gasteiger partial charge in [0.1, 0.15) is 11.4 Å². The molecule has 0 aliphatic heterocycles. The lowest BCUT2D eigenvalue weighted by molar-refractivity contribution is -0.697. The van der Waals surface area contributed by atoms with Crippen LogP contribution in [0.1, 0.15) is 39.5 Å². The summed E-state index contributed by atoms with van der Waals surface area (Å²) in [5.41, 5.74) is 2.08. The normalized spacial score (nSPS) is 11.1. The average molecular weight is 326 g/mol. The molecule has 0 saturated carbocycles. The van der Waals surface area contributed by atoms with Crippen molar-refractivity contribution in [2.75, 3.05) is 0 Å². The van der Waals surface area contributed by atoms with Gasteiger partial charge in [0.05, 0.1) is 13.1 Å². The van der Waals surface area contributed by atoms with Crippen molar-refractivity contribution in [1.29, 1.82) is 0 Å². The third-order valence-electron chi connectivity index (χ3n) is 4.06. The first-order valence-electron chi connectivity index (χ1n) is 8.78. The second kappa shape index (κ2) is 7.86. The van der Waals surface area contributed by atoms with E-state index < -0.39 is 0 Å². The fourth-order valence-corrected chi connectivity index (χ4v) is 2.60. The number of aromatic nitrogens is 6. The van der Waals surface area contributed by atoms with E-state index in [0.29, 0.717) is 0 Å². The molecule has 6 heteroatoms. The Kier molecular flexibility index (Phi) is 5.36. The van der Waals surface area contributed by atoms with Crippen LogP contribution in [0.3, 0.4) is 0 Å². The number of rotatable bonds is 8. The van der Waals surface area contributed by atoms with Gasteiger partial charge in [-0.15, -0.1) is 0 Å². The van der Waals surface area contributed by atoms with Crippen molar-refractivity contribution >= 4 is 0 Å². The lowest BCUT2D eigenvalue weighted by atomic mass is 10.3. The van der Waals surface area contributed by atoms with E-state index in [2.05, 4.69) is 51.4 Å². The van der Waals surface area contributed by atoms with Crippen LogP contribution in [0.15, 0.2) is 49.6 Å². The van der Waals surface area contributed by atoms with Crippen LogP contribution in [0, 0.1) is 0 Å². The third kappa shape index (κ3) is 3.88. The van der Waals surface area contributed by atoms with E-state index in [9.17, 15) is 0 Å². The summed E-state index contributed by atoms with van der Waals surface area (Å²) in [5.74, 6) is 0. The topological polar surface area (TPSA) is 43.4 Å². The fraction of sp³-hybridized carbons (Fsp3) is 0.444. The molecule has 0 N–H and O–H groups in total. The number of hydrogen-bond donors (Lipinski definition) is 0. The molecule has 2 aromatic heterocycles. The second-order valence-electron chi connectivity index (χ2n) is 6.08. The first-order chi connectivity index (χ1) is 11.8. The maximum atomic E-state index is 4.46. The van der Waals surface area contributed by atoms with Gasteiger partial charge in [-0.05, 0) is 25.0 Å². The van der Waals surface area contributed by atoms with Crippen LogP contribution in [0.25, 0.3) is 11.4 Å². The Morgan fingerprint density at radius 2 is 1.33 bits per heavy atom. The van der Waals surface area contributed by atoms with Crippen LogP contribution in [0.4, 0.5) is 0 Å². The molecule has 24 heavy (non-hydrogen) atoms. The van der Waals surface area contributed by atoms with Gasteiger partial charge in [-0.25, -0.2) is 9.13 Å². The standard InChI is InChI=1S/C18H26N6/c1-3-5-10-21-13-19-23(15-21)17-8-7-9-18(12-17)24-16-22(14-20-24)11-6-4-2/h7-9,12-16H,3-6,10-11H2,1-2H3/q+2. The molecule has 3 aromatic rings. The molecule has 0 atom stereocenters. The molecule has 126 valence electrons. The molecule has 0 spiro atoms. The van der Waals surface area contributed by atoms with E-state index in [1.165, 1.54) is 25.7 Å². The first-order valence-corrected chi connectivity index (χ1v) is 8.78. The molecular weight excluding hydrogens is 300 g/mol. The minimum Gasteiger partial charge on any atom is -0.237 e. The largest absolute Gasteiger partial charge is 0.265 e. The van der Waals surface area contributed by atoms with E-state index >= 15 is 0 Å². The van der Waals surface area contributed by atoms with Gasteiger partial charge < -0.3 is 0 Å². The molecule has 0 fully saturated rings. The van der Waals surface area contributed by atoms with Gasteiger partial charge in [0.25, 0.3) is 12.7 Å². The number of hydrogen-bond acceptors (Lipinski definition) is 2. The van der Waals surface area contributed by atoms with E-state index in [1.54, 1.807) is 0 Å². The summed E-state index contributed by atoms with van der Waals surface area (Å²) < 4.78 is 8.08. The van der Waals surface area contributed by atoms with Crippen molar-refractivity contribution in [3.63, 3.8) is 0 Å². The number of unbranched alkanes of at least 4 members (excludes halogenated alkanes) is 2. The SMILES string of the molecule is CCCC[n+]1cnn(-c2cccc(-n3c[n+](CCCC)cn3)c2)c1. The van der Waals surface area contributed by atoms with Crippen LogP contribution in [-0.4, -0.2) is 19.6 Å². The van der Waals surface area contributed by atoms with Crippen molar-refractivity contribution in [3.8, 4) is 11.4 Å². The van der Waals surface area contributed by atoms with Gasteiger partial charge in [0.2, 0.25) is 12.7 Å². The Labute approximate surface area is 143 Å². The predicted molar refractivity (Wildman–Crippen MR) is 90.9 cm³/mol. The van der Waals surface area contributed by atoms with Crippen LogP contribution in [0.5, 0.6) is 0 Å². The van der Waals surface area contributed by atoms with Gasteiger partial charge in [0, 0.05) is 16.3 Å². The van der Waals surface area contributed by atoms with Gasteiger partial charge in [-0.2, -0.15) is 0 Å². The third-order valence-corrected chi connectivity index (χ3v) is 4.06. The van der Waals surface area contributed by atoms with Crippen LogP contribution >= 0.6 is 0 Å². The summed E-state index contributed by atoms with van der Waals surface area (Å²) in [7, 11) is 0. The highest BCUT2D eigenvalue weighted by Gasteiger charge is 2.13. The smallest absolute Gasteiger partial charge is 0.237 e. The summed E-state index contributed by atoms with van der Waals surface area (Å²) in [6.07, 6.45) is 12.6. The molecule has 0 radical (unpaired) electrons. The molecule has 0 bridgehead atoms. The van der Waals surface area contributed by atoms with Crippen LogP contribution < -0.4 is 9.13 Å². The molecule has 2 heterocycles. The first kappa shape index (κ1) is 16.4. The van der Waals surface area contributed by atoms with E-state index in [4.69, 9.17) is 0 Å². The quantitative estimate of drug-likeness (QED) is 0.596. The van der Waals surface area contributed by atoms with Gasteiger partial charge in [0.15, 0.2) is 0 Å². The van der Waals surface area contributed by atoms with E-state index in [1.807, 2.05) is 40.7 Å². The zero-order chi connectivity index (χ0) is 16.8. The van der Waals surface area contributed by atoms with Crippen molar-refractivity contribution in [2.24, 2.45) is 0 Å². The maximum Gasteiger partial charge on any atom is 0.265 e. The van der Waals surface area contributed by atoms with E-state index in [-0.39, 0.29) is 0 Å². The molecule has 0 amide bonds. The molecule has 0 saturated heterocycles. The monoisotopic (exact) mass is 326 g/mol. The Hall–Kier alpha value is -2.50. The highest BCUT2D eigenvalue weighted by atomic mass is 15.4.